The molecule has 0 bridgehead atoms. The summed E-state index contributed by atoms with van der Waals surface area (Å²) in [5.41, 5.74) is 3.41. The lowest BCUT2D eigenvalue weighted by atomic mass is 9.70. The second-order valence-electron chi connectivity index (χ2n) is 6.49. The number of fused-ring (bicyclic) bond motifs is 1. The van der Waals surface area contributed by atoms with Crippen molar-refractivity contribution >= 4 is 15.9 Å². The number of methoxy groups -OCH3 is 1. The maximum atomic E-state index is 5.65. The zero-order valence-electron chi connectivity index (χ0n) is 11.6. The molecule has 3 atom stereocenters. The Bertz CT molecular complexity index is 508. The van der Waals surface area contributed by atoms with Crippen molar-refractivity contribution in [1.29, 1.82) is 0 Å². The van der Waals surface area contributed by atoms with Crippen LogP contribution in [0.2, 0.25) is 0 Å². The van der Waals surface area contributed by atoms with Crippen LogP contribution in [0.4, 0.5) is 0 Å². The molecule has 2 aliphatic rings. The van der Waals surface area contributed by atoms with Gasteiger partial charge in [0.2, 0.25) is 0 Å². The van der Waals surface area contributed by atoms with Crippen LogP contribution in [0.1, 0.15) is 44.2 Å². The number of hydrogen-bond donors (Lipinski definition) is 0. The maximum absolute atomic E-state index is 5.65. The molecule has 2 saturated carbocycles. The summed E-state index contributed by atoms with van der Waals surface area (Å²) in [6.45, 7) is 7.01. The summed E-state index contributed by atoms with van der Waals surface area (Å²) in [4.78, 5) is 0. The largest absolute Gasteiger partial charge is 0.496 e. The topological polar surface area (TPSA) is 9.23 Å². The van der Waals surface area contributed by atoms with Crippen molar-refractivity contribution in [3.05, 3.63) is 27.7 Å². The Morgan fingerprint density at radius 3 is 2.56 bits per heavy atom. The van der Waals surface area contributed by atoms with E-state index in [0.717, 1.165) is 11.7 Å². The van der Waals surface area contributed by atoms with Crippen molar-refractivity contribution in [2.24, 2.45) is 11.3 Å². The molecule has 98 valence electrons. The summed E-state index contributed by atoms with van der Waals surface area (Å²) >= 11 is 3.68. The van der Waals surface area contributed by atoms with Crippen LogP contribution in [0.3, 0.4) is 0 Å². The van der Waals surface area contributed by atoms with Gasteiger partial charge in [0.05, 0.1) is 7.11 Å². The van der Waals surface area contributed by atoms with Gasteiger partial charge in [-0.25, -0.2) is 0 Å². The minimum Gasteiger partial charge on any atom is -0.496 e. The molecule has 1 aromatic carbocycles. The zero-order valence-corrected chi connectivity index (χ0v) is 13.2. The van der Waals surface area contributed by atoms with Gasteiger partial charge in [-0.2, -0.15) is 0 Å². The summed E-state index contributed by atoms with van der Waals surface area (Å²) < 4.78 is 6.85. The summed E-state index contributed by atoms with van der Waals surface area (Å²) in [5.74, 6) is 2.00. The summed E-state index contributed by atoms with van der Waals surface area (Å²) in [7, 11) is 1.79. The summed E-state index contributed by atoms with van der Waals surface area (Å²) in [5, 5.41) is 0. The molecule has 0 spiro atoms. The Kier molecular flexibility index (Phi) is 2.61. The van der Waals surface area contributed by atoms with E-state index in [0.29, 0.717) is 5.41 Å². The molecular weight excluding hydrogens is 288 g/mol. The molecule has 0 N–H and O–H groups in total. The Morgan fingerprint density at radius 1 is 1.33 bits per heavy atom. The van der Waals surface area contributed by atoms with Gasteiger partial charge in [-0.05, 0) is 55.2 Å². The second kappa shape index (κ2) is 3.75. The van der Waals surface area contributed by atoms with Gasteiger partial charge in [0.25, 0.3) is 0 Å². The Hall–Kier alpha value is -0.500. The van der Waals surface area contributed by atoms with E-state index in [1.165, 1.54) is 34.9 Å². The maximum Gasteiger partial charge on any atom is 0.122 e. The van der Waals surface area contributed by atoms with Gasteiger partial charge < -0.3 is 4.74 Å². The highest BCUT2D eigenvalue weighted by molar-refractivity contribution is 9.10. The molecule has 0 unspecified atom stereocenters. The van der Waals surface area contributed by atoms with Crippen LogP contribution in [0.5, 0.6) is 5.75 Å². The molecule has 0 heterocycles. The third-order valence-electron chi connectivity index (χ3n) is 5.74. The number of aryl methyl sites for hydroxylation is 1. The monoisotopic (exact) mass is 308 g/mol. The molecule has 2 heteroatoms. The second-order valence-corrected chi connectivity index (χ2v) is 7.35. The fourth-order valence-electron chi connectivity index (χ4n) is 4.00. The molecule has 1 nitrogen and oxygen atoms in total. The van der Waals surface area contributed by atoms with Crippen LogP contribution in [0.15, 0.2) is 16.6 Å². The number of rotatable bonds is 2. The molecular formula is C16H21BrO. The minimum absolute atomic E-state index is 0.277. The summed E-state index contributed by atoms with van der Waals surface area (Å²) in [6, 6.07) is 4.46. The van der Waals surface area contributed by atoms with Gasteiger partial charge in [-0.3, -0.25) is 0 Å². The first kappa shape index (κ1) is 12.5. The van der Waals surface area contributed by atoms with Gasteiger partial charge in [-0.1, -0.05) is 29.8 Å². The normalized spacial score (nSPS) is 37.5. The number of ether oxygens (including phenoxy) is 1. The molecule has 18 heavy (non-hydrogen) atoms. The third kappa shape index (κ3) is 1.44. The molecule has 2 fully saturated rings. The van der Waals surface area contributed by atoms with Gasteiger partial charge in [-0.15, -0.1) is 0 Å². The first-order valence-corrected chi connectivity index (χ1v) is 7.56. The lowest BCUT2D eigenvalue weighted by molar-refractivity contribution is 0.295. The predicted molar refractivity (Wildman–Crippen MR) is 78.2 cm³/mol. The lowest BCUT2D eigenvalue weighted by Crippen LogP contribution is -2.29. The molecule has 2 aliphatic carbocycles. The molecule has 0 amide bonds. The van der Waals surface area contributed by atoms with E-state index in [2.05, 4.69) is 48.8 Å². The van der Waals surface area contributed by atoms with Crippen LogP contribution in [-0.2, 0) is 5.41 Å². The fourth-order valence-corrected chi connectivity index (χ4v) is 4.34. The molecule has 1 aromatic rings. The van der Waals surface area contributed by atoms with Gasteiger partial charge in [0, 0.05) is 15.5 Å². The molecule has 0 radical (unpaired) electrons. The van der Waals surface area contributed by atoms with Crippen molar-refractivity contribution in [2.75, 3.05) is 7.11 Å². The Balaban J connectivity index is 2.14. The number of halogens is 1. The molecule has 0 aromatic heterocycles. The average Bonchev–Trinajstić information content (AvgIpc) is 2.95. The first-order valence-electron chi connectivity index (χ1n) is 6.77. The molecule has 3 rings (SSSR count). The van der Waals surface area contributed by atoms with Gasteiger partial charge in [0.1, 0.15) is 5.75 Å². The third-order valence-corrected chi connectivity index (χ3v) is 6.59. The Morgan fingerprint density at radius 2 is 2.06 bits per heavy atom. The predicted octanol–water partition coefficient (Wildman–Crippen LogP) is 4.84. The van der Waals surface area contributed by atoms with E-state index in [1.54, 1.807) is 7.11 Å². The van der Waals surface area contributed by atoms with Crippen LogP contribution >= 0.6 is 15.9 Å². The van der Waals surface area contributed by atoms with Crippen LogP contribution < -0.4 is 4.74 Å². The van der Waals surface area contributed by atoms with Crippen molar-refractivity contribution < 1.29 is 4.74 Å². The van der Waals surface area contributed by atoms with Crippen molar-refractivity contribution in [2.45, 2.75) is 45.4 Å². The van der Waals surface area contributed by atoms with Crippen molar-refractivity contribution in [1.82, 2.24) is 0 Å². The SMILES string of the molecule is COc1cc(C)c(Br)cc1[C@@]1(C)CC[C@H]2C[C@]21C. The van der Waals surface area contributed by atoms with Crippen LogP contribution in [-0.4, -0.2) is 7.11 Å². The highest BCUT2D eigenvalue weighted by Gasteiger charge is 2.66. The number of benzene rings is 1. The lowest BCUT2D eigenvalue weighted by Gasteiger charge is -2.35. The smallest absolute Gasteiger partial charge is 0.122 e. The fraction of sp³-hybridized carbons (Fsp3) is 0.625. The Labute approximate surface area is 118 Å². The van der Waals surface area contributed by atoms with E-state index in [-0.39, 0.29) is 5.41 Å². The minimum atomic E-state index is 0.277. The number of hydrogen-bond acceptors (Lipinski definition) is 1. The standard InChI is InChI=1S/C16H21BrO/c1-10-7-14(18-4)12(8-13(10)17)15(2)6-5-11-9-16(11,15)3/h7-8,11H,5-6,9H2,1-4H3/t11-,15+,16+/m0/s1. The first-order chi connectivity index (χ1) is 8.42. The summed E-state index contributed by atoms with van der Waals surface area (Å²) in [6.07, 6.45) is 4.06. The highest BCUT2D eigenvalue weighted by atomic mass is 79.9. The van der Waals surface area contributed by atoms with Crippen LogP contribution in [0.25, 0.3) is 0 Å². The zero-order chi connectivity index (χ0) is 13.1. The van der Waals surface area contributed by atoms with E-state index in [4.69, 9.17) is 4.74 Å². The molecule has 0 aliphatic heterocycles. The van der Waals surface area contributed by atoms with Gasteiger partial charge in [0.15, 0.2) is 0 Å². The van der Waals surface area contributed by atoms with Crippen LogP contribution in [0, 0.1) is 18.3 Å². The van der Waals surface area contributed by atoms with E-state index < -0.39 is 0 Å². The van der Waals surface area contributed by atoms with Crippen molar-refractivity contribution in [3.8, 4) is 5.75 Å². The van der Waals surface area contributed by atoms with E-state index in [1.807, 2.05) is 0 Å². The average molecular weight is 309 g/mol. The van der Waals surface area contributed by atoms with Crippen molar-refractivity contribution in [3.63, 3.8) is 0 Å². The molecule has 0 saturated heterocycles. The quantitative estimate of drug-likeness (QED) is 0.759. The highest BCUT2D eigenvalue weighted by Crippen LogP contribution is 2.73. The van der Waals surface area contributed by atoms with E-state index in [9.17, 15) is 0 Å². The van der Waals surface area contributed by atoms with Gasteiger partial charge >= 0.3 is 0 Å². The van der Waals surface area contributed by atoms with E-state index >= 15 is 0 Å².